The maximum absolute atomic E-state index is 13.4. The highest BCUT2D eigenvalue weighted by atomic mass is 32.2. The minimum atomic E-state index is -0.410. The average molecular weight is 413 g/mol. The Balaban J connectivity index is 2.04. The van der Waals surface area contributed by atoms with E-state index >= 15 is 0 Å². The summed E-state index contributed by atoms with van der Waals surface area (Å²) in [6.07, 6.45) is 0.809. The number of hydrogen-bond donors (Lipinski definition) is 1. The van der Waals surface area contributed by atoms with Crippen molar-refractivity contribution in [3.05, 3.63) is 59.0 Å². The Bertz CT molecular complexity index is 923. The van der Waals surface area contributed by atoms with Crippen LogP contribution in [0.2, 0.25) is 0 Å². The number of imide groups is 1. The van der Waals surface area contributed by atoms with E-state index in [1.807, 2.05) is 6.92 Å². The van der Waals surface area contributed by atoms with Gasteiger partial charge in [0.1, 0.15) is 11.5 Å². The number of nitrogens with zero attached hydrogens (tertiary/aromatic N) is 1. The second-order valence-electron chi connectivity index (χ2n) is 6.27. The highest BCUT2D eigenvalue weighted by molar-refractivity contribution is 8.04. The van der Waals surface area contributed by atoms with Gasteiger partial charge >= 0.3 is 0 Å². The number of ether oxygens (including phenoxy) is 2. The third-order valence-electron chi connectivity index (χ3n) is 4.33. The van der Waals surface area contributed by atoms with Gasteiger partial charge < -0.3 is 14.6 Å². The van der Waals surface area contributed by atoms with Crippen molar-refractivity contribution in [2.24, 2.45) is 0 Å². The predicted molar refractivity (Wildman–Crippen MR) is 114 cm³/mol. The summed E-state index contributed by atoms with van der Waals surface area (Å²) in [7, 11) is 1.57. The van der Waals surface area contributed by atoms with Gasteiger partial charge in [-0.1, -0.05) is 31.2 Å². The molecular weight excluding hydrogens is 390 g/mol. The highest BCUT2D eigenvalue weighted by Crippen LogP contribution is 2.41. The second kappa shape index (κ2) is 9.62. The molecule has 2 aromatic rings. The van der Waals surface area contributed by atoms with E-state index in [1.165, 1.54) is 11.8 Å². The molecule has 0 saturated heterocycles. The first-order chi connectivity index (χ1) is 14.1. The van der Waals surface area contributed by atoms with Crippen molar-refractivity contribution >= 4 is 34.8 Å². The van der Waals surface area contributed by atoms with E-state index in [0.29, 0.717) is 45.6 Å². The second-order valence-corrected chi connectivity index (χ2v) is 7.37. The van der Waals surface area contributed by atoms with Crippen LogP contribution in [0, 0.1) is 0 Å². The number of para-hydroxylation sites is 2. The molecule has 2 aromatic carbocycles. The van der Waals surface area contributed by atoms with Crippen LogP contribution >= 0.6 is 11.8 Å². The van der Waals surface area contributed by atoms with Gasteiger partial charge in [-0.2, -0.15) is 0 Å². The first-order valence-electron chi connectivity index (χ1n) is 9.35. The molecule has 0 unspecified atom stereocenters. The van der Waals surface area contributed by atoms with Crippen LogP contribution in [-0.4, -0.2) is 43.0 Å². The van der Waals surface area contributed by atoms with E-state index in [9.17, 15) is 14.7 Å². The van der Waals surface area contributed by atoms with Crippen LogP contribution < -0.4 is 14.4 Å². The van der Waals surface area contributed by atoms with Gasteiger partial charge in [-0.05, 0) is 36.2 Å². The Morgan fingerprint density at radius 3 is 2.41 bits per heavy atom. The van der Waals surface area contributed by atoms with Gasteiger partial charge in [-0.15, -0.1) is 11.8 Å². The normalized spacial score (nSPS) is 14.0. The van der Waals surface area contributed by atoms with Gasteiger partial charge in [0.05, 0.1) is 36.5 Å². The van der Waals surface area contributed by atoms with Crippen molar-refractivity contribution in [3.63, 3.8) is 0 Å². The molecule has 1 heterocycles. The summed E-state index contributed by atoms with van der Waals surface area (Å²) in [6.45, 7) is 2.38. The van der Waals surface area contributed by atoms with E-state index in [1.54, 1.807) is 55.6 Å². The Labute approximate surface area is 174 Å². The molecule has 0 radical (unpaired) electrons. The minimum Gasteiger partial charge on any atom is -0.497 e. The molecule has 152 valence electrons. The van der Waals surface area contributed by atoms with Gasteiger partial charge in [-0.3, -0.25) is 9.59 Å². The van der Waals surface area contributed by atoms with E-state index in [2.05, 4.69) is 0 Å². The Morgan fingerprint density at radius 2 is 1.76 bits per heavy atom. The van der Waals surface area contributed by atoms with Crippen LogP contribution in [-0.2, 0) is 9.59 Å². The van der Waals surface area contributed by atoms with Gasteiger partial charge in [0, 0.05) is 5.75 Å². The topological polar surface area (TPSA) is 76.1 Å². The molecule has 0 fully saturated rings. The smallest absolute Gasteiger partial charge is 0.272 e. The quantitative estimate of drug-likeness (QED) is 0.634. The fourth-order valence-electron chi connectivity index (χ4n) is 3.00. The number of anilines is 1. The molecule has 7 heteroatoms. The maximum Gasteiger partial charge on any atom is 0.272 e. The predicted octanol–water partition coefficient (Wildman–Crippen LogP) is 3.49. The number of methoxy groups -OCH3 is 1. The van der Waals surface area contributed by atoms with Crippen LogP contribution in [0.1, 0.15) is 18.9 Å². The molecule has 0 saturated carbocycles. The fraction of sp³-hybridized carbons (Fsp3) is 0.273. The number of carbonyl (C=O) groups excluding carboxylic acids is 2. The molecule has 29 heavy (non-hydrogen) atoms. The first-order valence-corrected chi connectivity index (χ1v) is 10.3. The molecule has 6 nitrogen and oxygen atoms in total. The zero-order valence-electron chi connectivity index (χ0n) is 16.4. The van der Waals surface area contributed by atoms with Crippen molar-refractivity contribution in [2.75, 3.05) is 31.0 Å². The van der Waals surface area contributed by atoms with E-state index in [-0.39, 0.29) is 6.61 Å². The molecule has 0 aliphatic carbocycles. The number of rotatable bonds is 9. The Morgan fingerprint density at radius 1 is 1.03 bits per heavy atom. The number of amides is 2. The number of carbonyl (C=O) groups is 2. The maximum atomic E-state index is 13.4. The molecule has 0 aromatic heterocycles. The zero-order valence-corrected chi connectivity index (χ0v) is 17.2. The van der Waals surface area contributed by atoms with E-state index in [4.69, 9.17) is 9.47 Å². The monoisotopic (exact) mass is 413 g/mol. The lowest BCUT2D eigenvalue weighted by Gasteiger charge is -2.19. The first kappa shape index (κ1) is 21.0. The SMILES string of the molecule is CCCOc1ccccc1N1C(=O)C(SCCO)=C(c2ccc(OC)cc2)C1=O. The van der Waals surface area contributed by atoms with Crippen molar-refractivity contribution < 1.29 is 24.2 Å². The summed E-state index contributed by atoms with van der Waals surface area (Å²) in [5.74, 6) is 0.639. The van der Waals surface area contributed by atoms with Gasteiger partial charge in [0.25, 0.3) is 11.8 Å². The van der Waals surface area contributed by atoms with Crippen LogP contribution in [0.3, 0.4) is 0 Å². The van der Waals surface area contributed by atoms with E-state index in [0.717, 1.165) is 11.3 Å². The molecule has 1 aliphatic rings. The van der Waals surface area contributed by atoms with Crippen molar-refractivity contribution in [3.8, 4) is 11.5 Å². The number of aliphatic hydroxyl groups excluding tert-OH is 1. The Kier molecular flexibility index (Phi) is 6.95. The lowest BCUT2D eigenvalue weighted by atomic mass is 10.1. The summed E-state index contributed by atoms with van der Waals surface area (Å²) in [5, 5.41) is 9.24. The molecule has 0 spiro atoms. The zero-order chi connectivity index (χ0) is 20.8. The molecule has 2 amide bonds. The molecule has 1 aliphatic heterocycles. The van der Waals surface area contributed by atoms with Gasteiger partial charge in [0.2, 0.25) is 0 Å². The summed E-state index contributed by atoms with van der Waals surface area (Å²) >= 11 is 1.18. The van der Waals surface area contributed by atoms with Crippen LogP contribution in [0.15, 0.2) is 53.4 Å². The number of thioether (sulfide) groups is 1. The van der Waals surface area contributed by atoms with Gasteiger partial charge in [-0.25, -0.2) is 4.90 Å². The number of aliphatic hydroxyl groups is 1. The minimum absolute atomic E-state index is 0.0955. The fourth-order valence-corrected chi connectivity index (χ4v) is 3.86. The summed E-state index contributed by atoms with van der Waals surface area (Å²) in [6, 6.07) is 14.0. The lowest BCUT2D eigenvalue weighted by Crippen LogP contribution is -2.31. The average Bonchev–Trinajstić information content (AvgIpc) is 3.00. The lowest BCUT2D eigenvalue weighted by molar-refractivity contribution is -0.119. The summed E-state index contributed by atoms with van der Waals surface area (Å²) in [4.78, 5) is 28.1. The van der Waals surface area contributed by atoms with Gasteiger partial charge in [0.15, 0.2) is 0 Å². The van der Waals surface area contributed by atoms with Crippen LogP contribution in [0.5, 0.6) is 11.5 Å². The molecule has 0 atom stereocenters. The Hall–Kier alpha value is -2.77. The summed E-state index contributed by atoms with van der Waals surface area (Å²) < 4.78 is 10.9. The third-order valence-corrected chi connectivity index (χ3v) is 5.38. The largest absolute Gasteiger partial charge is 0.497 e. The number of benzene rings is 2. The van der Waals surface area contributed by atoms with Crippen molar-refractivity contribution in [1.29, 1.82) is 0 Å². The van der Waals surface area contributed by atoms with Crippen molar-refractivity contribution in [2.45, 2.75) is 13.3 Å². The standard InChI is InChI=1S/C22H23NO5S/c1-3-13-28-18-7-5-4-6-17(18)23-21(25)19(20(22(23)26)29-14-12-24)15-8-10-16(27-2)11-9-15/h4-11,24H,3,12-14H2,1-2H3. The van der Waals surface area contributed by atoms with Crippen molar-refractivity contribution in [1.82, 2.24) is 0 Å². The van der Waals surface area contributed by atoms with E-state index < -0.39 is 11.8 Å². The molecule has 1 N–H and O–H groups in total. The molecular formula is C22H23NO5S. The molecule has 0 bridgehead atoms. The molecule has 3 rings (SSSR count). The highest BCUT2D eigenvalue weighted by Gasteiger charge is 2.41. The van der Waals surface area contributed by atoms with Crippen LogP contribution in [0.25, 0.3) is 5.57 Å². The number of hydrogen-bond acceptors (Lipinski definition) is 6. The summed E-state index contributed by atoms with van der Waals surface area (Å²) in [5.41, 5.74) is 1.36. The van der Waals surface area contributed by atoms with Crippen LogP contribution in [0.4, 0.5) is 5.69 Å². The third kappa shape index (κ3) is 4.31.